The van der Waals surface area contributed by atoms with E-state index in [0.717, 1.165) is 10.5 Å². The van der Waals surface area contributed by atoms with Gasteiger partial charge < -0.3 is 10.2 Å². The van der Waals surface area contributed by atoms with Gasteiger partial charge in [-0.1, -0.05) is 6.07 Å². The molecule has 4 heteroatoms. The number of phenolic OH excluding ortho intramolecular Hbond substituents is 1. The van der Waals surface area contributed by atoms with Crippen LogP contribution in [0, 0.1) is 0 Å². The summed E-state index contributed by atoms with van der Waals surface area (Å²) in [7, 11) is 0. The summed E-state index contributed by atoms with van der Waals surface area (Å²) in [6, 6.07) is 5.15. The van der Waals surface area contributed by atoms with Crippen LogP contribution < -0.4 is 0 Å². The van der Waals surface area contributed by atoms with Gasteiger partial charge in [0.25, 0.3) is 0 Å². The Morgan fingerprint density at radius 2 is 2.31 bits per heavy atom. The van der Waals surface area contributed by atoms with Crippen molar-refractivity contribution in [2.24, 2.45) is 0 Å². The Kier molecular flexibility index (Phi) is 1.92. The average Bonchev–Trinajstić information content (AvgIpc) is 2.49. The Hall–Kier alpha value is -1.16. The Balaban J connectivity index is 2.35. The molecule has 13 heavy (non-hydrogen) atoms. The van der Waals surface area contributed by atoms with Gasteiger partial charge in [-0.3, -0.25) is 4.79 Å². The van der Waals surface area contributed by atoms with E-state index in [0.29, 0.717) is 6.42 Å². The van der Waals surface area contributed by atoms with Crippen molar-refractivity contribution >= 4 is 17.7 Å². The van der Waals surface area contributed by atoms with Gasteiger partial charge in [-0.05, 0) is 18.6 Å². The van der Waals surface area contributed by atoms with E-state index < -0.39 is 11.2 Å². The number of carboxylic acids is 1. The minimum atomic E-state index is -0.819. The molecule has 3 nitrogen and oxygen atoms in total. The molecule has 0 amide bonds. The number of aliphatic carboxylic acids is 1. The quantitative estimate of drug-likeness (QED) is 0.714. The lowest BCUT2D eigenvalue weighted by atomic mass is 10.1. The van der Waals surface area contributed by atoms with Crippen LogP contribution in [0.3, 0.4) is 0 Å². The first kappa shape index (κ1) is 8.44. The summed E-state index contributed by atoms with van der Waals surface area (Å²) in [5, 5.41) is 17.8. The fourth-order valence-corrected chi connectivity index (χ4v) is 2.53. The Bertz CT molecular complexity index is 362. The molecule has 68 valence electrons. The minimum Gasteiger partial charge on any atom is -0.508 e. The highest BCUT2D eigenvalue weighted by Crippen LogP contribution is 2.40. The maximum Gasteiger partial charge on any atom is 0.317 e. The molecule has 0 aliphatic carbocycles. The zero-order valence-electron chi connectivity index (χ0n) is 6.73. The van der Waals surface area contributed by atoms with Gasteiger partial charge >= 0.3 is 5.97 Å². The van der Waals surface area contributed by atoms with Crippen LogP contribution in [-0.2, 0) is 11.2 Å². The number of phenols is 1. The van der Waals surface area contributed by atoms with E-state index in [1.807, 2.05) is 6.07 Å². The lowest BCUT2D eigenvalue weighted by Gasteiger charge is -1.98. The Morgan fingerprint density at radius 3 is 2.92 bits per heavy atom. The van der Waals surface area contributed by atoms with Crippen LogP contribution in [0.1, 0.15) is 5.56 Å². The number of carboxylic acid groups (broad SMARTS) is 1. The van der Waals surface area contributed by atoms with Crippen LogP contribution in [0.15, 0.2) is 23.1 Å². The first-order valence-corrected chi connectivity index (χ1v) is 4.77. The number of hydrogen-bond acceptors (Lipinski definition) is 3. The summed E-state index contributed by atoms with van der Waals surface area (Å²) in [4.78, 5) is 11.6. The van der Waals surface area contributed by atoms with E-state index in [2.05, 4.69) is 0 Å². The highest BCUT2D eigenvalue weighted by molar-refractivity contribution is 8.01. The van der Waals surface area contributed by atoms with Crippen molar-refractivity contribution in [1.29, 1.82) is 0 Å². The molecule has 0 saturated heterocycles. The molecule has 0 fully saturated rings. The summed E-state index contributed by atoms with van der Waals surface area (Å²) in [5.74, 6) is -0.616. The molecule has 0 aromatic heterocycles. The maximum absolute atomic E-state index is 10.7. The van der Waals surface area contributed by atoms with Crippen molar-refractivity contribution in [3.05, 3.63) is 23.8 Å². The van der Waals surface area contributed by atoms with E-state index in [9.17, 15) is 9.90 Å². The van der Waals surface area contributed by atoms with Crippen molar-refractivity contribution in [1.82, 2.24) is 0 Å². The van der Waals surface area contributed by atoms with Gasteiger partial charge in [0.2, 0.25) is 0 Å². The summed E-state index contributed by atoms with van der Waals surface area (Å²) in [5.41, 5.74) is 0.764. The van der Waals surface area contributed by atoms with Crippen LogP contribution in [0.2, 0.25) is 0 Å². The summed E-state index contributed by atoms with van der Waals surface area (Å²) in [6.07, 6.45) is 0.419. The molecule has 1 heterocycles. The molecular formula is C9H8O3S. The fourth-order valence-electron chi connectivity index (χ4n) is 1.39. The summed E-state index contributed by atoms with van der Waals surface area (Å²) in [6.45, 7) is 0. The van der Waals surface area contributed by atoms with Crippen LogP contribution in [0.25, 0.3) is 0 Å². The van der Waals surface area contributed by atoms with Gasteiger partial charge in [0.15, 0.2) is 0 Å². The van der Waals surface area contributed by atoms with Crippen LogP contribution >= 0.6 is 11.8 Å². The zero-order chi connectivity index (χ0) is 9.42. The third-order valence-corrected chi connectivity index (χ3v) is 3.33. The zero-order valence-corrected chi connectivity index (χ0v) is 7.54. The van der Waals surface area contributed by atoms with Gasteiger partial charge in [-0.25, -0.2) is 0 Å². The van der Waals surface area contributed by atoms with Crippen LogP contribution in [0.4, 0.5) is 0 Å². The smallest absolute Gasteiger partial charge is 0.317 e. The average molecular weight is 196 g/mol. The molecule has 2 N–H and O–H groups in total. The second kappa shape index (κ2) is 2.96. The largest absolute Gasteiger partial charge is 0.508 e. The number of thioether (sulfide) groups is 1. The van der Waals surface area contributed by atoms with Crippen molar-refractivity contribution in [2.45, 2.75) is 16.6 Å². The molecule has 2 rings (SSSR count). The number of rotatable bonds is 1. The summed E-state index contributed by atoms with van der Waals surface area (Å²) < 4.78 is 0. The molecule has 1 aliphatic rings. The van der Waals surface area contributed by atoms with E-state index in [4.69, 9.17) is 5.11 Å². The maximum atomic E-state index is 10.7. The molecule has 1 unspecified atom stereocenters. The number of carbonyl (C=O) groups is 1. The molecule has 0 bridgehead atoms. The number of aromatic hydroxyl groups is 1. The van der Waals surface area contributed by atoms with Crippen molar-refractivity contribution in [2.75, 3.05) is 0 Å². The highest BCUT2D eigenvalue weighted by atomic mass is 32.2. The van der Waals surface area contributed by atoms with Gasteiger partial charge in [-0.2, -0.15) is 0 Å². The second-order valence-electron chi connectivity index (χ2n) is 2.90. The second-order valence-corrected chi connectivity index (χ2v) is 4.15. The number of fused-ring (bicyclic) bond motifs is 1. The lowest BCUT2D eigenvalue weighted by molar-refractivity contribution is -0.136. The third-order valence-electron chi connectivity index (χ3n) is 2.04. The Labute approximate surface area is 79.4 Å². The molecular weight excluding hydrogens is 188 g/mol. The third kappa shape index (κ3) is 1.37. The van der Waals surface area contributed by atoms with Crippen molar-refractivity contribution in [3.63, 3.8) is 0 Å². The van der Waals surface area contributed by atoms with Crippen LogP contribution in [0.5, 0.6) is 5.75 Å². The predicted molar refractivity (Wildman–Crippen MR) is 49.1 cm³/mol. The topological polar surface area (TPSA) is 57.5 Å². The van der Waals surface area contributed by atoms with Gasteiger partial charge in [0.1, 0.15) is 11.0 Å². The first-order chi connectivity index (χ1) is 6.18. The Morgan fingerprint density at radius 1 is 1.54 bits per heavy atom. The number of hydrogen-bond donors (Lipinski definition) is 2. The molecule has 0 saturated carbocycles. The van der Waals surface area contributed by atoms with Crippen LogP contribution in [-0.4, -0.2) is 21.4 Å². The molecule has 0 spiro atoms. The van der Waals surface area contributed by atoms with Gasteiger partial charge in [-0.15, -0.1) is 11.8 Å². The molecule has 1 aromatic carbocycles. The SMILES string of the molecule is O=C(O)C1Cc2c(O)cccc2S1. The summed E-state index contributed by atoms with van der Waals surface area (Å²) >= 11 is 1.30. The fraction of sp³-hybridized carbons (Fsp3) is 0.222. The van der Waals surface area contributed by atoms with E-state index in [-0.39, 0.29) is 5.75 Å². The first-order valence-electron chi connectivity index (χ1n) is 3.89. The van der Waals surface area contributed by atoms with Crippen molar-refractivity contribution in [3.8, 4) is 5.75 Å². The standard InChI is InChI=1S/C9H8O3S/c10-6-2-1-3-7-5(6)4-8(13-7)9(11)12/h1-3,8,10H,4H2,(H,11,12). The van der Waals surface area contributed by atoms with Gasteiger partial charge in [0.05, 0.1) is 0 Å². The van der Waals surface area contributed by atoms with E-state index in [1.54, 1.807) is 12.1 Å². The minimum absolute atomic E-state index is 0.203. The monoisotopic (exact) mass is 196 g/mol. The molecule has 1 atom stereocenters. The molecule has 0 radical (unpaired) electrons. The number of benzene rings is 1. The normalized spacial score (nSPS) is 19.8. The molecule has 1 aromatic rings. The highest BCUT2D eigenvalue weighted by Gasteiger charge is 2.29. The van der Waals surface area contributed by atoms with E-state index in [1.165, 1.54) is 11.8 Å². The molecule has 1 aliphatic heterocycles. The van der Waals surface area contributed by atoms with E-state index >= 15 is 0 Å². The van der Waals surface area contributed by atoms with Crippen molar-refractivity contribution < 1.29 is 15.0 Å². The van der Waals surface area contributed by atoms with Gasteiger partial charge in [0, 0.05) is 10.5 Å². The predicted octanol–water partition coefficient (Wildman–Crippen LogP) is 1.49. The lowest BCUT2D eigenvalue weighted by Crippen LogP contribution is -2.14.